The number of aliphatic carboxylic acids is 3. The first-order valence-corrected chi connectivity index (χ1v) is 4.11. The van der Waals surface area contributed by atoms with Crippen molar-refractivity contribution in [3.05, 3.63) is 0 Å². The van der Waals surface area contributed by atoms with Crippen LogP contribution in [-0.2, 0) is 28.8 Å². The monoisotopic (exact) mass is 302 g/mol. The van der Waals surface area contributed by atoms with Gasteiger partial charge in [-0.1, -0.05) is 0 Å². The van der Waals surface area contributed by atoms with Gasteiger partial charge in [0.05, 0.1) is 0 Å². The molecular formula is C9H10CaO9. The molecule has 0 heterocycles. The first kappa shape index (κ1) is 26.3. The number of ketones is 3. The van der Waals surface area contributed by atoms with Crippen molar-refractivity contribution in [3.63, 3.8) is 0 Å². The Kier molecular flexibility index (Phi) is 20.4. The van der Waals surface area contributed by atoms with Crippen LogP contribution < -0.4 is 10.2 Å². The molecule has 0 spiro atoms. The van der Waals surface area contributed by atoms with E-state index >= 15 is 0 Å². The second kappa shape index (κ2) is 14.7. The normalized spacial score (nSPS) is 7.11. The molecule has 0 atom stereocenters. The summed E-state index contributed by atoms with van der Waals surface area (Å²) in [5.41, 5.74) is 0. The predicted molar refractivity (Wildman–Crippen MR) is 55.4 cm³/mol. The summed E-state index contributed by atoms with van der Waals surface area (Å²) in [4.78, 5) is 56.3. The van der Waals surface area contributed by atoms with Gasteiger partial charge in [-0.25, -0.2) is 4.79 Å². The van der Waals surface area contributed by atoms with E-state index < -0.39 is 35.3 Å². The van der Waals surface area contributed by atoms with Gasteiger partial charge in [-0.15, -0.1) is 0 Å². The van der Waals surface area contributed by atoms with E-state index in [1.165, 1.54) is 0 Å². The summed E-state index contributed by atoms with van der Waals surface area (Å²) in [7, 11) is 0. The standard InChI is InChI=1S/3C3H4O3.Ca/c3*1-2(4)3(5)6;/h3*1H3,(H,5,6);/q;;;+2/p-2. The first-order valence-electron chi connectivity index (χ1n) is 4.11. The van der Waals surface area contributed by atoms with Gasteiger partial charge < -0.3 is 24.9 Å². The Hall–Kier alpha value is -1.32. The molecule has 0 amide bonds. The largest absolute Gasteiger partial charge is 2.00 e. The van der Waals surface area contributed by atoms with E-state index in [9.17, 15) is 39.0 Å². The van der Waals surface area contributed by atoms with Gasteiger partial charge in [-0.05, 0) is 0 Å². The summed E-state index contributed by atoms with van der Waals surface area (Å²) in [5, 5.41) is 26.1. The minimum atomic E-state index is -1.63. The van der Waals surface area contributed by atoms with E-state index in [0.29, 0.717) is 0 Å². The molecule has 0 aromatic carbocycles. The van der Waals surface area contributed by atoms with Crippen LogP contribution in [0.15, 0.2) is 0 Å². The topological polar surface area (TPSA) is 169 Å². The maximum Gasteiger partial charge on any atom is 2.00 e. The molecule has 0 radical (unpaired) electrons. The molecular weight excluding hydrogens is 292 g/mol. The molecule has 0 aliphatic carbocycles. The van der Waals surface area contributed by atoms with Crippen LogP contribution >= 0.6 is 0 Å². The second-order valence-corrected chi connectivity index (χ2v) is 2.55. The molecule has 0 aromatic rings. The van der Waals surface area contributed by atoms with Gasteiger partial charge in [0.1, 0.15) is 11.9 Å². The van der Waals surface area contributed by atoms with Crippen LogP contribution in [0.1, 0.15) is 20.8 Å². The van der Waals surface area contributed by atoms with Gasteiger partial charge in [0.25, 0.3) is 0 Å². The molecule has 102 valence electrons. The van der Waals surface area contributed by atoms with Crippen molar-refractivity contribution >= 4 is 73.0 Å². The van der Waals surface area contributed by atoms with Crippen molar-refractivity contribution in [3.8, 4) is 0 Å². The summed E-state index contributed by atoms with van der Waals surface area (Å²) < 4.78 is 0. The third kappa shape index (κ3) is 31.5. The fourth-order valence-corrected chi connectivity index (χ4v) is 0. The number of hydrogen-bond acceptors (Lipinski definition) is 8. The fourth-order valence-electron chi connectivity index (χ4n) is 0. The van der Waals surface area contributed by atoms with Gasteiger partial charge in [-0.3, -0.25) is 14.4 Å². The molecule has 9 nitrogen and oxygen atoms in total. The SMILES string of the molecule is CC(=O)C(=O)O.CC(=O)C(=O)[O-].CC(=O)C(=O)[O-].[Ca+2]. The van der Waals surface area contributed by atoms with Crippen LogP contribution in [-0.4, -0.2) is 78.1 Å². The zero-order valence-electron chi connectivity index (χ0n) is 10.4. The van der Waals surface area contributed by atoms with Crippen molar-refractivity contribution in [1.29, 1.82) is 0 Å². The average molecular weight is 302 g/mol. The van der Waals surface area contributed by atoms with Crippen LogP contribution in [0.5, 0.6) is 0 Å². The number of carbonyl (C=O) groups is 6. The molecule has 19 heavy (non-hydrogen) atoms. The number of hydrogen-bond donors (Lipinski definition) is 1. The minimum Gasteiger partial charge on any atom is -0.542 e. The maximum absolute atomic E-state index is 9.54. The Morgan fingerprint density at radius 1 is 0.684 bits per heavy atom. The molecule has 0 fully saturated rings. The molecule has 0 unspecified atom stereocenters. The van der Waals surface area contributed by atoms with Crippen molar-refractivity contribution in [2.75, 3.05) is 0 Å². The van der Waals surface area contributed by atoms with Gasteiger partial charge in [0, 0.05) is 20.8 Å². The van der Waals surface area contributed by atoms with Crippen LogP contribution in [0.2, 0.25) is 0 Å². The van der Waals surface area contributed by atoms with Crippen LogP contribution in [0.4, 0.5) is 0 Å². The zero-order chi connectivity index (χ0) is 15.5. The van der Waals surface area contributed by atoms with Crippen LogP contribution in [0.3, 0.4) is 0 Å². The second-order valence-electron chi connectivity index (χ2n) is 2.55. The summed E-state index contributed by atoms with van der Waals surface area (Å²) >= 11 is 0. The first-order chi connectivity index (χ1) is 7.93. The van der Waals surface area contributed by atoms with E-state index in [-0.39, 0.29) is 37.7 Å². The van der Waals surface area contributed by atoms with E-state index in [0.717, 1.165) is 20.8 Å². The van der Waals surface area contributed by atoms with Gasteiger partial charge in [0.15, 0.2) is 11.6 Å². The molecule has 0 aromatic heterocycles. The zero-order valence-corrected chi connectivity index (χ0v) is 12.6. The van der Waals surface area contributed by atoms with Crippen molar-refractivity contribution < 1.29 is 44.1 Å². The maximum atomic E-state index is 9.54. The van der Waals surface area contributed by atoms with Gasteiger partial charge in [-0.2, -0.15) is 0 Å². The van der Waals surface area contributed by atoms with Crippen molar-refractivity contribution in [2.24, 2.45) is 0 Å². The summed E-state index contributed by atoms with van der Waals surface area (Å²) in [6.45, 7) is 2.88. The van der Waals surface area contributed by atoms with Crippen LogP contribution in [0, 0.1) is 0 Å². The number of carboxylic acids is 3. The fraction of sp³-hybridized carbons (Fsp3) is 0.333. The predicted octanol–water partition coefficient (Wildman–Crippen LogP) is -4.07. The quantitative estimate of drug-likeness (QED) is 0.402. The Labute approximate surface area is 137 Å². The van der Waals surface area contributed by atoms with Crippen molar-refractivity contribution in [2.45, 2.75) is 20.8 Å². The molecule has 1 N–H and O–H groups in total. The summed E-state index contributed by atoms with van der Waals surface area (Å²) in [6, 6.07) is 0. The number of Topliss-reactive ketones (excluding diaryl/α,β-unsaturated/α-hetero) is 3. The smallest absolute Gasteiger partial charge is 0.542 e. The number of carboxylic acid groups (broad SMARTS) is 3. The molecule has 0 saturated carbocycles. The number of rotatable bonds is 3. The van der Waals surface area contributed by atoms with E-state index in [4.69, 9.17) is 5.11 Å². The molecule has 10 heteroatoms. The molecule has 0 rings (SSSR count). The third-order valence-corrected chi connectivity index (χ3v) is 0.876. The molecule has 0 aliphatic rings. The molecule has 0 aliphatic heterocycles. The Balaban J connectivity index is -0.0000000865. The summed E-state index contributed by atoms with van der Waals surface area (Å²) in [6.07, 6.45) is 0. The number of carbonyl (C=O) groups excluding carboxylic acids is 5. The Morgan fingerprint density at radius 2 is 0.789 bits per heavy atom. The molecule has 0 bridgehead atoms. The van der Waals surface area contributed by atoms with Gasteiger partial charge >= 0.3 is 43.7 Å². The molecule has 0 saturated heterocycles. The van der Waals surface area contributed by atoms with E-state index in [1.807, 2.05) is 0 Å². The average Bonchev–Trinajstić information content (AvgIpc) is 2.18. The van der Waals surface area contributed by atoms with E-state index in [2.05, 4.69) is 0 Å². The Morgan fingerprint density at radius 3 is 0.789 bits per heavy atom. The summed E-state index contributed by atoms with van der Waals surface area (Å²) in [5.74, 6) is -7.33. The van der Waals surface area contributed by atoms with Crippen molar-refractivity contribution in [1.82, 2.24) is 0 Å². The van der Waals surface area contributed by atoms with Gasteiger partial charge in [0.2, 0.25) is 5.78 Å². The third-order valence-electron chi connectivity index (χ3n) is 0.876. The Bertz CT molecular complexity index is 279. The van der Waals surface area contributed by atoms with E-state index in [1.54, 1.807) is 0 Å². The minimum absolute atomic E-state index is 0. The van der Waals surface area contributed by atoms with Crippen LogP contribution in [0.25, 0.3) is 0 Å².